The summed E-state index contributed by atoms with van der Waals surface area (Å²) in [5, 5.41) is 7.41. The summed E-state index contributed by atoms with van der Waals surface area (Å²) in [6, 6.07) is 17.6. The third-order valence-electron chi connectivity index (χ3n) is 3.56. The second kappa shape index (κ2) is 7.04. The molecule has 2 aromatic carbocycles. The van der Waals surface area contributed by atoms with E-state index in [0.717, 1.165) is 21.7 Å². The Morgan fingerprint density at radius 1 is 1.04 bits per heavy atom. The summed E-state index contributed by atoms with van der Waals surface area (Å²) in [5.74, 6) is 1.07. The van der Waals surface area contributed by atoms with Crippen molar-refractivity contribution in [2.45, 2.75) is 6.54 Å². The van der Waals surface area contributed by atoms with Gasteiger partial charge in [-0.3, -0.25) is 0 Å². The van der Waals surface area contributed by atoms with Gasteiger partial charge in [0, 0.05) is 27.9 Å². The normalized spacial score (nSPS) is 10.8. The molecule has 0 aliphatic rings. The molecular weight excluding hydrogens is 356 g/mol. The van der Waals surface area contributed by atoms with E-state index in [1.807, 2.05) is 54.6 Å². The standard InChI is InChI=1S/C18H13ClN4OS/c19-18-21-11-15(25-18)10-20-14-8-4-7-13(9-14)17-22-16(23-24-17)12-5-2-1-3-6-12/h1-9,11,20H,10H2. The van der Waals surface area contributed by atoms with Gasteiger partial charge in [-0.25, -0.2) is 4.98 Å². The summed E-state index contributed by atoms with van der Waals surface area (Å²) in [6.45, 7) is 0.660. The predicted molar refractivity (Wildman–Crippen MR) is 99.6 cm³/mol. The van der Waals surface area contributed by atoms with Crippen LogP contribution in [0.25, 0.3) is 22.8 Å². The van der Waals surface area contributed by atoms with E-state index in [-0.39, 0.29) is 0 Å². The molecule has 0 atom stereocenters. The highest BCUT2D eigenvalue weighted by Gasteiger charge is 2.11. The fourth-order valence-electron chi connectivity index (χ4n) is 2.36. The molecule has 0 saturated heterocycles. The van der Waals surface area contributed by atoms with Crippen LogP contribution in [0.4, 0.5) is 5.69 Å². The topological polar surface area (TPSA) is 63.8 Å². The van der Waals surface area contributed by atoms with Gasteiger partial charge in [-0.05, 0) is 18.2 Å². The summed E-state index contributed by atoms with van der Waals surface area (Å²) >= 11 is 7.31. The van der Waals surface area contributed by atoms with E-state index in [4.69, 9.17) is 16.1 Å². The minimum atomic E-state index is 0.489. The molecule has 0 fully saturated rings. The van der Waals surface area contributed by atoms with Gasteiger partial charge >= 0.3 is 0 Å². The molecule has 0 amide bonds. The Balaban J connectivity index is 1.52. The Bertz CT molecular complexity index is 983. The maximum atomic E-state index is 5.85. The van der Waals surface area contributed by atoms with Gasteiger partial charge < -0.3 is 9.84 Å². The first-order valence-electron chi connectivity index (χ1n) is 7.61. The van der Waals surface area contributed by atoms with Gasteiger partial charge in [0.2, 0.25) is 5.82 Å². The Kier molecular flexibility index (Phi) is 4.45. The van der Waals surface area contributed by atoms with E-state index in [2.05, 4.69) is 20.4 Å². The third kappa shape index (κ3) is 3.70. The first-order chi connectivity index (χ1) is 12.3. The average molecular weight is 369 g/mol. The number of rotatable bonds is 5. The number of thiazole rings is 1. The van der Waals surface area contributed by atoms with Crippen LogP contribution in [0.2, 0.25) is 4.47 Å². The number of halogens is 1. The molecule has 0 radical (unpaired) electrons. The Morgan fingerprint density at radius 2 is 1.88 bits per heavy atom. The summed E-state index contributed by atoms with van der Waals surface area (Å²) in [5.41, 5.74) is 2.75. The van der Waals surface area contributed by atoms with Crippen molar-refractivity contribution in [3.63, 3.8) is 0 Å². The zero-order valence-corrected chi connectivity index (χ0v) is 14.6. The lowest BCUT2D eigenvalue weighted by molar-refractivity contribution is 0.432. The highest BCUT2D eigenvalue weighted by Crippen LogP contribution is 2.25. The van der Waals surface area contributed by atoms with Crippen LogP contribution in [0.15, 0.2) is 65.3 Å². The lowest BCUT2D eigenvalue weighted by Crippen LogP contribution is -1.97. The zero-order valence-electron chi connectivity index (χ0n) is 13.0. The molecular formula is C18H13ClN4OS. The number of anilines is 1. The average Bonchev–Trinajstić information content (AvgIpc) is 3.30. The molecule has 0 aliphatic heterocycles. The molecule has 0 saturated carbocycles. The van der Waals surface area contributed by atoms with Crippen LogP contribution >= 0.6 is 22.9 Å². The summed E-state index contributed by atoms with van der Waals surface area (Å²) < 4.78 is 5.96. The minimum absolute atomic E-state index is 0.489. The Morgan fingerprint density at radius 3 is 2.68 bits per heavy atom. The molecule has 0 bridgehead atoms. The maximum Gasteiger partial charge on any atom is 0.258 e. The van der Waals surface area contributed by atoms with Crippen molar-refractivity contribution >= 4 is 28.6 Å². The lowest BCUT2D eigenvalue weighted by Gasteiger charge is -2.05. The van der Waals surface area contributed by atoms with Crippen molar-refractivity contribution in [1.82, 2.24) is 15.1 Å². The molecule has 1 N–H and O–H groups in total. The molecule has 124 valence electrons. The molecule has 5 nitrogen and oxygen atoms in total. The Hall–Kier alpha value is -2.70. The molecule has 0 aliphatic carbocycles. The molecule has 7 heteroatoms. The quantitative estimate of drug-likeness (QED) is 0.529. The zero-order chi connectivity index (χ0) is 17.1. The molecule has 2 heterocycles. The third-order valence-corrected chi connectivity index (χ3v) is 4.67. The molecule has 4 rings (SSSR count). The first-order valence-corrected chi connectivity index (χ1v) is 8.81. The highest BCUT2D eigenvalue weighted by atomic mass is 35.5. The number of nitrogens with one attached hydrogen (secondary N) is 1. The highest BCUT2D eigenvalue weighted by molar-refractivity contribution is 7.15. The molecule has 0 unspecified atom stereocenters. The van der Waals surface area contributed by atoms with Crippen molar-refractivity contribution in [3.05, 3.63) is 70.1 Å². The van der Waals surface area contributed by atoms with Crippen LogP contribution in [0.1, 0.15) is 4.88 Å². The van der Waals surface area contributed by atoms with Crippen LogP contribution in [-0.4, -0.2) is 15.1 Å². The molecule has 2 aromatic heterocycles. The van der Waals surface area contributed by atoms with Crippen LogP contribution in [0.3, 0.4) is 0 Å². The van der Waals surface area contributed by atoms with Crippen LogP contribution < -0.4 is 5.32 Å². The Labute approximate surface area is 153 Å². The van der Waals surface area contributed by atoms with Gasteiger partial charge in [0.1, 0.15) is 0 Å². The maximum absolute atomic E-state index is 5.85. The van der Waals surface area contributed by atoms with Gasteiger partial charge in [0.25, 0.3) is 5.89 Å². The van der Waals surface area contributed by atoms with Gasteiger partial charge in [-0.2, -0.15) is 4.98 Å². The predicted octanol–water partition coefficient (Wildman–Crippen LogP) is 5.13. The smallest absolute Gasteiger partial charge is 0.258 e. The number of nitrogens with zero attached hydrogens (tertiary/aromatic N) is 3. The van der Waals surface area contributed by atoms with E-state index in [1.54, 1.807) is 6.20 Å². The molecule has 4 aromatic rings. The van der Waals surface area contributed by atoms with Crippen molar-refractivity contribution in [3.8, 4) is 22.8 Å². The van der Waals surface area contributed by atoms with Crippen molar-refractivity contribution in [2.75, 3.05) is 5.32 Å². The summed E-state index contributed by atoms with van der Waals surface area (Å²) in [7, 11) is 0. The van der Waals surface area contributed by atoms with Crippen LogP contribution in [0, 0.1) is 0 Å². The molecule has 0 spiro atoms. The minimum Gasteiger partial charge on any atom is -0.380 e. The van der Waals surface area contributed by atoms with E-state index in [1.165, 1.54) is 11.3 Å². The fourth-order valence-corrected chi connectivity index (χ4v) is 3.28. The number of hydrogen-bond acceptors (Lipinski definition) is 6. The number of aromatic nitrogens is 3. The fraction of sp³-hybridized carbons (Fsp3) is 0.0556. The lowest BCUT2D eigenvalue weighted by atomic mass is 10.2. The number of benzene rings is 2. The van der Waals surface area contributed by atoms with E-state index >= 15 is 0 Å². The van der Waals surface area contributed by atoms with E-state index in [0.29, 0.717) is 22.7 Å². The summed E-state index contributed by atoms with van der Waals surface area (Å²) in [4.78, 5) is 9.59. The van der Waals surface area contributed by atoms with Crippen molar-refractivity contribution < 1.29 is 4.52 Å². The van der Waals surface area contributed by atoms with Gasteiger partial charge in [0.05, 0.1) is 6.54 Å². The monoisotopic (exact) mass is 368 g/mol. The van der Waals surface area contributed by atoms with Crippen molar-refractivity contribution in [2.24, 2.45) is 0 Å². The SMILES string of the molecule is Clc1ncc(CNc2cccc(-c3nc(-c4ccccc4)no3)c2)s1. The van der Waals surface area contributed by atoms with E-state index < -0.39 is 0 Å². The second-order valence-electron chi connectivity index (χ2n) is 5.30. The van der Waals surface area contributed by atoms with E-state index in [9.17, 15) is 0 Å². The van der Waals surface area contributed by atoms with Crippen molar-refractivity contribution in [1.29, 1.82) is 0 Å². The summed E-state index contributed by atoms with van der Waals surface area (Å²) in [6.07, 6.45) is 1.77. The largest absolute Gasteiger partial charge is 0.380 e. The van der Waals surface area contributed by atoms with Crippen LogP contribution in [0.5, 0.6) is 0 Å². The van der Waals surface area contributed by atoms with Gasteiger partial charge in [-0.15, -0.1) is 11.3 Å². The molecule has 25 heavy (non-hydrogen) atoms. The van der Waals surface area contributed by atoms with Gasteiger partial charge in [0.15, 0.2) is 4.47 Å². The first kappa shape index (κ1) is 15.8. The van der Waals surface area contributed by atoms with Gasteiger partial charge in [-0.1, -0.05) is 53.2 Å². The second-order valence-corrected chi connectivity index (χ2v) is 7.00. The number of hydrogen-bond donors (Lipinski definition) is 1. The van der Waals surface area contributed by atoms with Crippen LogP contribution in [-0.2, 0) is 6.54 Å².